The Hall–Kier alpha value is -4.64. The Morgan fingerprint density at radius 1 is 0.895 bits per heavy atom. The summed E-state index contributed by atoms with van der Waals surface area (Å²) in [6.45, 7) is -0.0181. The molecule has 2 N–H and O–H groups in total. The number of carboxylic acids is 1. The first-order chi connectivity index (χ1) is 18.2. The summed E-state index contributed by atoms with van der Waals surface area (Å²) in [5.41, 5.74) is -2.59. The molecule has 11 heteroatoms. The topological polar surface area (TPSA) is 128 Å². The Labute approximate surface area is 212 Å². The van der Waals surface area contributed by atoms with E-state index in [-0.39, 0.29) is 29.2 Å². The normalized spacial score (nSPS) is 22.5. The molecule has 1 saturated heterocycles. The summed E-state index contributed by atoms with van der Waals surface area (Å²) in [7, 11) is 0. The van der Waals surface area contributed by atoms with Crippen molar-refractivity contribution in [3.63, 3.8) is 0 Å². The molecule has 0 radical (unpaired) electrons. The molecule has 2 aliphatic heterocycles. The van der Waals surface area contributed by atoms with Gasteiger partial charge in [0.2, 0.25) is 29.9 Å². The number of carbonyl (C=O) groups is 4. The molecule has 1 fully saturated rings. The van der Waals surface area contributed by atoms with Gasteiger partial charge in [-0.15, -0.1) is 0 Å². The fraction of sp³-hybridized carbons (Fsp3) is 0.185. The summed E-state index contributed by atoms with van der Waals surface area (Å²) < 4.78 is 44.4. The van der Waals surface area contributed by atoms with Crippen molar-refractivity contribution >= 4 is 29.1 Å². The first kappa shape index (κ1) is 23.7. The number of benzene rings is 3. The van der Waals surface area contributed by atoms with Crippen LogP contribution in [0.15, 0.2) is 60.7 Å². The maximum Gasteiger partial charge on any atom is 0.311 e. The van der Waals surface area contributed by atoms with Crippen LogP contribution >= 0.6 is 0 Å². The highest BCUT2D eigenvalue weighted by molar-refractivity contribution is 6.34. The SMILES string of the molecule is O=C(Nc1ccc2c(c1)OCO2)C1C(c2ccc(F)c(F)c2)OC2(C(=O)c3ccccc3C2=O)C1C(=O)O. The quantitative estimate of drug-likeness (QED) is 0.499. The van der Waals surface area contributed by atoms with Crippen LogP contribution in [0, 0.1) is 23.5 Å². The van der Waals surface area contributed by atoms with Gasteiger partial charge in [-0.25, -0.2) is 8.78 Å². The molecule has 1 spiro atoms. The number of carbonyl (C=O) groups excluding carboxylic acids is 3. The fourth-order valence-electron chi connectivity index (χ4n) is 5.33. The zero-order valence-corrected chi connectivity index (χ0v) is 19.3. The largest absolute Gasteiger partial charge is 0.481 e. The lowest BCUT2D eigenvalue weighted by atomic mass is 9.75. The average molecular weight is 521 g/mol. The lowest BCUT2D eigenvalue weighted by Crippen LogP contribution is -2.52. The molecule has 0 aromatic heterocycles. The number of halogens is 2. The van der Waals surface area contributed by atoms with E-state index in [9.17, 15) is 33.1 Å². The number of Topliss-reactive ketones (excluding diaryl/α,β-unsaturated/α-hetero) is 2. The summed E-state index contributed by atoms with van der Waals surface area (Å²) in [6.07, 6.45) is -1.58. The second-order valence-electron chi connectivity index (χ2n) is 9.05. The van der Waals surface area contributed by atoms with E-state index in [1.54, 1.807) is 0 Å². The van der Waals surface area contributed by atoms with E-state index in [1.165, 1.54) is 42.5 Å². The molecule has 38 heavy (non-hydrogen) atoms. The average Bonchev–Trinajstić information content (AvgIpc) is 3.57. The molecule has 3 aromatic rings. The zero-order chi connectivity index (χ0) is 26.8. The maximum absolute atomic E-state index is 14.2. The molecular formula is C27H17F2NO8. The molecule has 0 bridgehead atoms. The van der Waals surface area contributed by atoms with Crippen LogP contribution in [0.25, 0.3) is 0 Å². The van der Waals surface area contributed by atoms with Gasteiger partial charge in [0, 0.05) is 22.9 Å². The van der Waals surface area contributed by atoms with Gasteiger partial charge in [-0.05, 0) is 29.8 Å². The Morgan fingerprint density at radius 2 is 1.58 bits per heavy atom. The third-order valence-corrected chi connectivity index (χ3v) is 7.01. The third kappa shape index (κ3) is 3.32. The highest BCUT2D eigenvalue weighted by Crippen LogP contribution is 2.54. The van der Waals surface area contributed by atoms with Crippen LogP contribution in [0.5, 0.6) is 11.5 Å². The summed E-state index contributed by atoms with van der Waals surface area (Å²) in [4.78, 5) is 53.5. The minimum absolute atomic E-state index is 0.0181. The number of carboxylic acid groups (broad SMARTS) is 1. The van der Waals surface area contributed by atoms with E-state index in [1.807, 2.05) is 0 Å². The van der Waals surface area contributed by atoms with Gasteiger partial charge in [0.1, 0.15) is 5.92 Å². The number of aliphatic carboxylic acids is 1. The van der Waals surface area contributed by atoms with Crippen molar-refractivity contribution in [3.05, 3.63) is 89.0 Å². The minimum atomic E-state index is -2.58. The van der Waals surface area contributed by atoms with Gasteiger partial charge in [0.25, 0.3) is 0 Å². The van der Waals surface area contributed by atoms with Crippen LogP contribution in [0.3, 0.4) is 0 Å². The molecular weight excluding hydrogens is 504 g/mol. The van der Waals surface area contributed by atoms with Crippen LogP contribution in [0.1, 0.15) is 32.4 Å². The fourth-order valence-corrected chi connectivity index (χ4v) is 5.33. The molecule has 3 aromatic carbocycles. The smallest absolute Gasteiger partial charge is 0.311 e. The van der Waals surface area contributed by atoms with Crippen molar-refractivity contribution in [2.45, 2.75) is 11.7 Å². The van der Waals surface area contributed by atoms with Crippen LogP contribution in [0.4, 0.5) is 14.5 Å². The monoisotopic (exact) mass is 521 g/mol. The molecule has 3 unspecified atom stereocenters. The molecule has 192 valence electrons. The molecule has 0 saturated carbocycles. The number of rotatable bonds is 4. The van der Waals surface area contributed by atoms with E-state index in [4.69, 9.17) is 14.2 Å². The molecule has 2 heterocycles. The van der Waals surface area contributed by atoms with Crippen LogP contribution < -0.4 is 14.8 Å². The van der Waals surface area contributed by atoms with Crippen molar-refractivity contribution in [2.24, 2.45) is 11.8 Å². The van der Waals surface area contributed by atoms with Gasteiger partial charge in [0.05, 0.1) is 12.0 Å². The molecule has 3 aliphatic rings. The first-order valence-corrected chi connectivity index (χ1v) is 11.5. The molecule has 9 nitrogen and oxygen atoms in total. The summed E-state index contributed by atoms with van der Waals surface area (Å²) in [5, 5.41) is 12.9. The van der Waals surface area contributed by atoms with Gasteiger partial charge in [0.15, 0.2) is 23.1 Å². The first-order valence-electron chi connectivity index (χ1n) is 11.5. The number of anilines is 1. The van der Waals surface area contributed by atoms with Crippen molar-refractivity contribution in [2.75, 3.05) is 12.1 Å². The third-order valence-electron chi connectivity index (χ3n) is 7.01. The van der Waals surface area contributed by atoms with Gasteiger partial charge < -0.3 is 24.6 Å². The Morgan fingerprint density at radius 3 is 2.24 bits per heavy atom. The van der Waals surface area contributed by atoms with Gasteiger partial charge in [-0.2, -0.15) is 0 Å². The summed E-state index contributed by atoms with van der Waals surface area (Å²) in [6, 6.07) is 12.8. The molecule has 1 aliphatic carbocycles. The van der Waals surface area contributed by atoms with E-state index < -0.39 is 58.6 Å². The van der Waals surface area contributed by atoms with Crippen molar-refractivity contribution in [3.8, 4) is 11.5 Å². The van der Waals surface area contributed by atoms with Crippen LogP contribution in [0.2, 0.25) is 0 Å². The molecule has 3 atom stereocenters. The lowest BCUT2D eigenvalue weighted by Gasteiger charge is -2.25. The number of ether oxygens (including phenoxy) is 3. The van der Waals surface area contributed by atoms with Gasteiger partial charge >= 0.3 is 5.97 Å². The number of amides is 1. The second kappa shape index (κ2) is 8.45. The van der Waals surface area contributed by atoms with Crippen molar-refractivity contribution in [1.82, 2.24) is 0 Å². The molecule has 6 rings (SSSR count). The lowest BCUT2D eigenvalue weighted by molar-refractivity contribution is -0.147. The van der Waals surface area contributed by atoms with E-state index in [0.29, 0.717) is 11.5 Å². The molecule has 1 amide bonds. The van der Waals surface area contributed by atoms with Crippen LogP contribution in [-0.2, 0) is 14.3 Å². The van der Waals surface area contributed by atoms with Gasteiger partial charge in [-0.3, -0.25) is 19.2 Å². The predicted octanol–water partition coefficient (Wildman–Crippen LogP) is 3.54. The van der Waals surface area contributed by atoms with E-state index in [2.05, 4.69) is 5.32 Å². The predicted molar refractivity (Wildman–Crippen MR) is 124 cm³/mol. The van der Waals surface area contributed by atoms with E-state index >= 15 is 0 Å². The van der Waals surface area contributed by atoms with Crippen molar-refractivity contribution in [1.29, 1.82) is 0 Å². The number of hydrogen-bond donors (Lipinski definition) is 2. The van der Waals surface area contributed by atoms with Crippen LogP contribution in [-0.4, -0.2) is 40.9 Å². The number of nitrogens with one attached hydrogen (secondary N) is 1. The maximum atomic E-state index is 14.2. The Kier molecular flexibility index (Phi) is 5.28. The van der Waals surface area contributed by atoms with E-state index in [0.717, 1.165) is 18.2 Å². The summed E-state index contributed by atoms with van der Waals surface area (Å²) in [5.74, 6) is -9.76. The summed E-state index contributed by atoms with van der Waals surface area (Å²) >= 11 is 0. The zero-order valence-electron chi connectivity index (χ0n) is 19.3. The van der Waals surface area contributed by atoms with Gasteiger partial charge in [-0.1, -0.05) is 30.3 Å². The highest BCUT2D eigenvalue weighted by Gasteiger charge is 2.71. The minimum Gasteiger partial charge on any atom is -0.481 e. The second-order valence-corrected chi connectivity index (χ2v) is 9.05. The number of hydrogen-bond acceptors (Lipinski definition) is 7. The Bertz CT molecular complexity index is 1520. The van der Waals surface area contributed by atoms with Crippen molar-refractivity contribution < 1.29 is 47.3 Å². The standard InChI is InChI=1S/C27H17F2NO8/c28-16-7-5-12(9-17(16)29)22-20(25(33)30-13-6-8-18-19(10-13)37-11-36-18)21(26(34)35)27(38-22)23(31)14-3-1-2-4-15(14)24(27)32/h1-10,20-22H,11H2,(H,30,33)(H,34,35). The number of ketones is 2. The highest BCUT2D eigenvalue weighted by atomic mass is 19.2. The Balaban J connectivity index is 1.47. The number of fused-ring (bicyclic) bond motifs is 2.